The number of carbonyl (C=O) groups is 2. The van der Waals surface area contributed by atoms with Crippen LogP contribution >= 0.6 is 12.4 Å². The predicted octanol–water partition coefficient (Wildman–Crippen LogP) is 1.82. The zero-order valence-corrected chi connectivity index (χ0v) is 11.7. The third-order valence-electron chi connectivity index (χ3n) is 2.19. The van der Waals surface area contributed by atoms with E-state index in [0.29, 0.717) is 26.1 Å². The van der Waals surface area contributed by atoms with Crippen LogP contribution in [0.3, 0.4) is 0 Å². The van der Waals surface area contributed by atoms with E-state index in [2.05, 4.69) is 4.84 Å². The van der Waals surface area contributed by atoms with Gasteiger partial charge in [-0.05, 0) is 33.6 Å². The molecular weight excluding hydrogens is 262 g/mol. The van der Waals surface area contributed by atoms with Gasteiger partial charge in [-0.2, -0.15) is 0 Å². The highest BCUT2D eigenvalue weighted by molar-refractivity contribution is 5.85. The van der Waals surface area contributed by atoms with Gasteiger partial charge in [0, 0.05) is 13.2 Å². The summed E-state index contributed by atoms with van der Waals surface area (Å²) in [6.07, 6.45) is 0.474. The maximum Gasteiger partial charge on any atom is 0.441 e. The minimum absolute atomic E-state index is 0. The molecule has 106 valence electrons. The first kappa shape index (κ1) is 17.0. The quantitative estimate of drug-likeness (QED) is 0.742. The first-order valence-electron chi connectivity index (χ1n) is 5.66. The monoisotopic (exact) mass is 281 g/mol. The lowest BCUT2D eigenvalue weighted by Gasteiger charge is -2.21. The molecule has 1 saturated heterocycles. The summed E-state index contributed by atoms with van der Waals surface area (Å²) in [6.45, 7) is 6.28. The third kappa shape index (κ3) is 6.66. The number of halogens is 1. The summed E-state index contributed by atoms with van der Waals surface area (Å²) in [6, 6.07) is 0. The second kappa shape index (κ2) is 7.43. The van der Waals surface area contributed by atoms with Crippen LogP contribution in [0, 0.1) is 5.92 Å². The van der Waals surface area contributed by atoms with Crippen molar-refractivity contribution in [1.82, 2.24) is 5.48 Å². The minimum Gasteiger partial charge on any atom is -0.442 e. The van der Waals surface area contributed by atoms with E-state index in [1.165, 1.54) is 0 Å². The molecule has 1 aliphatic rings. The van der Waals surface area contributed by atoms with Crippen LogP contribution in [0.25, 0.3) is 0 Å². The van der Waals surface area contributed by atoms with Gasteiger partial charge >= 0.3 is 12.1 Å². The second-order valence-electron chi connectivity index (χ2n) is 4.91. The van der Waals surface area contributed by atoms with Gasteiger partial charge in [0.2, 0.25) is 0 Å². The Balaban J connectivity index is 0.00000289. The summed E-state index contributed by atoms with van der Waals surface area (Å²) < 4.78 is 10.0. The number of hydrogen-bond acceptors (Lipinski definition) is 5. The topological polar surface area (TPSA) is 73.9 Å². The first-order valence-corrected chi connectivity index (χ1v) is 5.66. The number of ether oxygens (including phenoxy) is 2. The van der Waals surface area contributed by atoms with Crippen molar-refractivity contribution in [3.05, 3.63) is 0 Å². The Morgan fingerprint density at radius 2 is 1.78 bits per heavy atom. The van der Waals surface area contributed by atoms with Gasteiger partial charge < -0.3 is 14.3 Å². The van der Waals surface area contributed by atoms with E-state index in [9.17, 15) is 9.59 Å². The standard InChI is InChI=1S/C11H19NO5.ClH/c1-11(2,3)16-10(14)12-17-9(13)8-4-6-15-7-5-8;/h8H,4-7H2,1-3H3,(H,12,14);1H. The van der Waals surface area contributed by atoms with Gasteiger partial charge in [-0.3, -0.25) is 0 Å². The minimum atomic E-state index is -0.766. The Kier molecular flexibility index (Phi) is 7.01. The highest BCUT2D eigenvalue weighted by Gasteiger charge is 2.24. The van der Waals surface area contributed by atoms with E-state index < -0.39 is 17.7 Å². The summed E-state index contributed by atoms with van der Waals surface area (Å²) in [4.78, 5) is 27.4. The maximum absolute atomic E-state index is 11.5. The zero-order valence-electron chi connectivity index (χ0n) is 10.9. The molecule has 18 heavy (non-hydrogen) atoms. The fraction of sp³-hybridized carbons (Fsp3) is 0.818. The van der Waals surface area contributed by atoms with Gasteiger partial charge in [-0.25, -0.2) is 9.59 Å². The molecular formula is C11H20ClNO5. The lowest BCUT2D eigenvalue weighted by molar-refractivity contribution is -0.158. The van der Waals surface area contributed by atoms with Crippen molar-refractivity contribution in [2.24, 2.45) is 5.92 Å². The molecule has 1 rings (SSSR count). The summed E-state index contributed by atoms with van der Waals surface area (Å²) >= 11 is 0. The Morgan fingerprint density at radius 1 is 1.22 bits per heavy atom. The normalized spacial score (nSPS) is 16.4. The van der Waals surface area contributed by atoms with Crippen LogP contribution in [0.15, 0.2) is 0 Å². The average molecular weight is 282 g/mol. The summed E-state index contributed by atoms with van der Waals surface area (Å²) in [5, 5.41) is 0. The van der Waals surface area contributed by atoms with E-state index in [0.717, 1.165) is 0 Å². The van der Waals surface area contributed by atoms with Crippen molar-refractivity contribution in [2.45, 2.75) is 39.2 Å². The summed E-state index contributed by atoms with van der Waals surface area (Å²) in [7, 11) is 0. The van der Waals surface area contributed by atoms with Crippen molar-refractivity contribution in [3.63, 3.8) is 0 Å². The van der Waals surface area contributed by atoms with Gasteiger partial charge in [-0.15, -0.1) is 17.9 Å². The van der Waals surface area contributed by atoms with Gasteiger partial charge in [0.05, 0.1) is 5.92 Å². The van der Waals surface area contributed by atoms with Gasteiger partial charge in [0.1, 0.15) is 5.60 Å². The van der Waals surface area contributed by atoms with E-state index in [4.69, 9.17) is 9.47 Å². The van der Waals surface area contributed by atoms with Crippen molar-refractivity contribution in [1.29, 1.82) is 0 Å². The molecule has 0 atom stereocenters. The number of hydroxylamine groups is 1. The third-order valence-corrected chi connectivity index (χ3v) is 2.19. The van der Waals surface area contributed by atoms with Crippen LogP contribution in [0.5, 0.6) is 0 Å². The van der Waals surface area contributed by atoms with E-state index in [1.807, 2.05) is 5.48 Å². The van der Waals surface area contributed by atoms with Crippen LogP contribution in [0.2, 0.25) is 0 Å². The Bertz CT molecular complexity index is 284. The highest BCUT2D eigenvalue weighted by Crippen LogP contribution is 2.15. The van der Waals surface area contributed by atoms with Crippen molar-refractivity contribution in [3.8, 4) is 0 Å². The molecule has 0 aliphatic carbocycles. The number of rotatable bonds is 1. The van der Waals surface area contributed by atoms with Crippen LogP contribution < -0.4 is 5.48 Å². The maximum atomic E-state index is 11.5. The average Bonchev–Trinajstić information content (AvgIpc) is 2.25. The van der Waals surface area contributed by atoms with E-state index in [-0.39, 0.29) is 18.3 Å². The van der Waals surface area contributed by atoms with Gasteiger partial charge in [-0.1, -0.05) is 0 Å². The number of carbonyl (C=O) groups excluding carboxylic acids is 2. The van der Waals surface area contributed by atoms with Crippen molar-refractivity contribution >= 4 is 24.5 Å². The smallest absolute Gasteiger partial charge is 0.441 e. The van der Waals surface area contributed by atoms with Crippen LogP contribution in [0.1, 0.15) is 33.6 Å². The van der Waals surface area contributed by atoms with Gasteiger partial charge in [0.25, 0.3) is 0 Å². The SMILES string of the molecule is CC(C)(C)OC(=O)NOC(=O)C1CCOCC1.Cl. The Labute approximate surface area is 113 Å². The molecule has 1 fully saturated rings. The lowest BCUT2D eigenvalue weighted by atomic mass is 10.0. The highest BCUT2D eigenvalue weighted by atomic mass is 35.5. The molecule has 0 aromatic carbocycles. The van der Waals surface area contributed by atoms with Crippen LogP contribution in [0.4, 0.5) is 4.79 Å². The van der Waals surface area contributed by atoms with E-state index >= 15 is 0 Å². The molecule has 0 bridgehead atoms. The predicted molar refractivity (Wildman–Crippen MR) is 66.3 cm³/mol. The Morgan fingerprint density at radius 3 is 2.28 bits per heavy atom. The fourth-order valence-electron chi connectivity index (χ4n) is 1.41. The molecule has 0 aromatic heterocycles. The van der Waals surface area contributed by atoms with E-state index in [1.54, 1.807) is 20.8 Å². The molecule has 0 saturated carbocycles. The van der Waals surface area contributed by atoms with Crippen molar-refractivity contribution in [2.75, 3.05) is 13.2 Å². The van der Waals surface area contributed by atoms with Gasteiger partial charge in [0.15, 0.2) is 0 Å². The Hall–Kier alpha value is -1.01. The summed E-state index contributed by atoms with van der Waals surface area (Å²) in [5.41, 5.74) is 1.37. The molecule has 0 radical (unpaired) electrons. The molecule has 0 unspecified atom stereocenters. The molecule has 0 spiro atoms. The zero-order chi connectivity index (χ0) is 12.9. The molecule has 1 N–H and O–H groups in total. The molecule has 7 heteroatoms. The van der Waals surface area contributed by atoms with Crippen LogP contribution in [-0.4, -0.2) is 30.9 Å². The first-order chi connectivity index (χ1) is 7.88. The molecule has 1 aliphatic heterocycles. The number of nitrogens with one attached hydrogen (secondary N) is 1. The van der Waals surface area contributed by atoms with Crippen LogP contribution in [-0.2, 0) is 19.1 Å². The molecule has 1 amide bonds. The van der Waals surface area contributed by atoms with Crippen molar-refractivity contribution < 1.29 is 23.9 Å². The second-order valence-corrected chi connectivity index (χ2v) is 4.91. The lowest BCUT2D eigenvalue weighted by Crippen LogP contribution is -2.36. The largest absolute Gasteiger partial charge is 0.442 e. The molecule has 6 nitrogen and oxygen atoms in total. The molecule has 1 heterocycles. The number of hydrogen-bond donors (Lipinski definition) is 1. The summed E-state index contributed by atoms with van der Waals surface area (Å²) in [5.74, 6) is -0.655. The molecule has 0 aromatic rings. The fourth-order valence-corrected chi connectivity index (χ4v) is 1.41. The number of amides is 1.